The van der Waals surface area contributed by atoms with E-state index >= 15 is 0 Å². The maximum Gasteiger partial charge on any atom is 0.349 e. The lowest BCUT2D eigenvalue weighted by Crippen LogP contribution is -2.29. The van der Waals surface area contributed by atoms with Crippen LogP contribution in [0.25, 0.3) is 22.6 Å². The molecule has 0 saturated heterocycles. The van der Waals surface area contributed by atoms with Gasteiger partial charge in [-0.15, -0.1) is 0 Å². The first kappa shape index (κ1) is 22.1. The van der Waals surface area contributed by atoms with Crippen LogP contribution in [0.2, 0.25) is 0 Å². The van der Waals surface area contributed by atoms with Crippen LogP contribution in [-0.2, 0) is 11.3 Å². The van der Waals surface area contributed by atoms with Crippen LogP contribution in [0.3, 0.4) is 0 Å². The van der Waals surface area contributed by atoms with Crippen molar-refractivity contribution in [2.24, 2.45) is 0 Å². The largest absolute Gasteiger partial charge is 0.368 e. The van der Waals surface area contributed by atoms with E-state index in [4.69, 9.17) is 4.74 Å². The highest BCUT2D eigenvalue weighted by atomic mass is 16.6. The number of benzene rings is 1. The van der Waals surface area contributed by atoms with Crippen molar-refractivity contribution in [3.63, 3.8) is 0 Å². The number of nitrogens with one attached hydrogen (secondary N) is 1. The number of nitrogens with zero attached hydrogens (tertiary/aromatic N) is 3. The monoisotopic (exact) mass is 414 g/mol. The predicted octanol–water partition coefficient (Wildman–Crippen LogP) is 2.90. The van der Waals surface area contributed by atoms with E-state index in [0.29, 0.717) is 24.3 Å². The van der Waals surface area contributed by atoms with Crippen LogP contribution in [0.5, 0.6) is 0 Å². The number of unbranched alkanes of at least 4 members (excludes halogenated alkanes) is 3. The molecule has 3 rings (SSSR count). The van der Waals surface area contributed by atoms with Gasteiger partial charge in [0.25, 0.3) is 5.56 Å². The minimum atomic E-state index is -0.718. The second-order valence-corrected chi connectivity index (χ2v) is 8.07. The van der Waals surface area contributed by atoms with E-state index < -0.39 is 17.5 Å². The highest BCUT2D eigenvalue weighted by Crippen LogP contribution is 2.24. The molecule has 0 bridgehead atoms. The fourth-order valence-corrected chi connectivity index (χ4v) is 3.60. The highest BCUT2D eigenvalue weighted by molar-refractivity contribution is 5.81. The van der Waals surface area contributed by atoms with Crippen molar-refractivity contribution < 1.29 is 9.84 Å². The number of aromatic nitrogens is 4. The van der Waals surface area contributed by atoms with Gasteiger partial charge in [-0.1, -0.05) is 12.8 Å². The molecule has 2 N–H and O–H groups in total. The first-order chi connectivity index (χ1) is 14.3. The smallest absolute Gasteiger partial charge is 0.349 e. The Labute approximate surface area is 175 Å². The Morgan fingerprint density at radius 1 is 1.07 bits per heavy atom. The molecule has 2 aliphatic heterocycles. The van der Waals surface area contributed by atoms with Gasteiger partial charge in [0.05, 0.1) is 17.1 Å². The molecule has 0 amide bonds. The Hall–Kier alpha value is -2.58. The van der Waals surface area contributed by atoms with E-state index in [0.717, 1.165) is 42.3 Å². The van der Waals surface area contributed by atoms with E-state index in [2.05, 4.69) is 15.0 Å². The lowest BCUT2D eigenvalue weighted by atomic mass is 10.1. The predicted molar refractivity (Wildman–Crippen MR) is 116 cm³/mol. The number of aliphatic hydroxyl groups excluding tert-OH is 1. The summed E-state index contributed by atoms with van der Waals surface area (Å²) in [6, 6.07) is 3.99. The average Bonchev–Trinajstić information content (AvgIpc) is 2.65. The number of hydrogen-bond donors (Lipinski definition) is 2. The lowest BCUT2D eigenvalue weighted by Gasteiger charge is -2.18. The van der Waals surface area contributed by atoms with Gasteiger partial charge in [0.15, 0.2) is 17.8 Å². The van der Waals surface area contributed by atoms with Gasteiger partial charge in [-0.3, -0.25) is 9.78 Å². The molecule has 1 aromatic rings. The molecular weight excluding hydrogens is 384 g/mol. The minimum absolute atomic E-state index is 0.0123. The first-order valence-electron chi connectivity index (χ1n) is 10.5. The summed E-state index contributed by atoms with van der Waals surface area (Å²) in [5, 5.41) is 9.79. The molecule has 1 unspecified atom stereocenters. The SMILES string of the molecule is Cc1cc2nc3c(=O)[nH]c(=O)nc-3n(CCCCCCC(O)OC(C)C)c2cc1C. The van der Waals surface area contributed by atoms with Crippen LogP contribution in [0.4, 0.5) is 0 Å². The number of rotatable bonds is 9. The molecule has 2 heterocycles. The molecule has 1 aromatic carbocycles. The van der Waals surface area contributed by atoms with E-state index in [1.54, 1.807) is 0 Å². The summed E-state index contributed by atoms with van der Waals surface area (Å²) >= 11 is 0. The summed E-state index contributed by atoms with van der Waals surface area (Å²) in [5.74, 6) is 0.320. The number of aromatic amines is 1. The van der Waals surface area contributed by atoms with E-state index in [1.807, 2.05) is 44.4 Å². The Morgan fingerprint density at radius 3 is 2.50 bits per heavy atom. The molecule has 0 aliphatic carbocycles. The molecular formula is C22H30N4O4. The summed E-state index contributed by atoms with van der Waals surface area (Å²) in [5.41, 5.74) is 2.79. The maximum absolute atomic E-state index is 12.3. The molecule has 1 atom stereocenters. The Bertz CT molecular complexity index is 1100. The summed E-state index contributed by atoms with van der Waals surface area (Å²) in [7, 11) is 0. The molecule has 0 saturated carbocycles. The number of ether oxygens (including phenoxy) is 1. The third-order valence-electron chi connectivity index (χ3n) is 5.24. The van der Waals surface area contributed by atoms with Crippen molar-refractivity contribution in [2.45, 2.75) is 78.7 Å². The highest BCUT2D eigenvalue weighted by Gasteiger charge is 2.19. The fourth-order valence-electron chi connectivity index (χ4n) is 3.60. The van der Waals surface area contributed by atoms with Crippen LogP contribution < -0.4 is 11.2 Å². The Balaban J connectivity index is 1.79. The summed E-state index contributed by atoms with van der Waals surface area (Å²) < 4.78 is 7.27. The first-order valence-corrected chi connectivity index (χ1v) is 10.5. The van der Waals surface area contributed by atoms with Gasteiger partial charge in [-0.2, -0.15) is 4.98 Å². The number of aliphatic hydroxyl groups is 1. The number of hydrogen-bond acceptors (Lipinski definition) is 6. The second-order valence-electron chi connectivity index (χ2n) is 8.07. The lowest BCUT2D eigenvalue weighted by molar-refractivity contribution is -0.129. The molecule has 0 radical (unpaired) electrons. The molecule has 162 valence electrons. The third-order valence-corrected chi connectivity index (χ3v) is 5.24. The van der Waals surface area contributed by atoms with Gasteiger partial charge in [0.1, 0.15) is 0 Å². The zero-order chi connectivity index (χ0) is 21.8. The van der Waals surface area contributed by atoms with Gasteiger partial charge in [0, 0.05) is 6.54 Å². The Morgan fingerprint density at radius 2 is 1.77 bits per heavy atom. The van der Waals surface area contributed by atoms with E-state index in [1.165, 1.54) is 0 Å². The summed E-state index contributed by atoms with van der Waals surface area (Å²) in [4.78, 5) is 34.8. The standard InChI is InChI=1S/C22H30N4O4/c1-13(2)30-18(27)9-7-5-6-8-10-26-17-12-15(4)14(3)11-16(17)23-19-20(26)24-22(29)25-21(19)28/h11-13,18,27H,5-10H2,1-4H3,(H,25,28,29). The van der Waals surface area contributed by atoms with Gasteiger partial charge in [-0.05, 0) is 70.2 Å². The maximum atomic E-state index is 12.3. The normalized spacial score (nSPS) is 12.9. The second kappa shape index (κ2) is 9.49. The molecule has 2 aliphatic rings. The van der Waals surface area contributed by atoms with Crippen LogP contribution >= 0.6 is 0 Å². The minimum Gasteiger partial charge on any atom is -0.368 e. The topological polar surface area (TPSA) is 110 Å². The zero-order valence-corrected chi connectivity index (χ0v) is 18.1. The summed E-state index contributed by atoms with van der Waals surface area (Å²) in [6.45, 7) is 8.46. The molecule has 30 heavy (non-hydrogen) atoms. The van der Waals surface area contributed by atoms with Gasteiger partial charge in [0.2, 0.25) is 0 Å². The molecule has 0 fully saturated rings. The van der Waals surface area contributed by atoms with E-state index in [-0.39, 0.29) is 11.8 Å². The van der Waals surface area contributed by atoms with Crippen molar-refractivity contribution in [2.75, 3.05) is 0 Å². The van der Waals surface area contributed by atoms with Crippen molar-refractivity contribution in [1.82, 2.24) is 19.5 Å². The quantitative estimate of drug-likeness (QED) is 0.316. The molecule has 0 aromatic heterocycles. The Kier molecular flexibility index (Phi) is 6.99. The van der Waals surface area contributed by atoms with Crippen LogP contribution in [0.1, 0.15) is 57.1 Å². The van der Waals surface area contributed by atoms with Gasteiger partial charge < -0.3 is 14.4 Å². The van der Waals surface area contributed by atoms with Crippen molar-refractivity contribution in [3.8, 4) is 11.5 Å². The molecule has 8 nitrogen and oxygen atoms in total. The zero-order valence-electron chi connectivity index (χ0n) is 18.1. The number of H-pyrrole nitrogens is 1. The number of fused-ring (bicyclic) bond motifs is 2. The van der Waals surface area contributed by atoms with Crippen LogP contribution in [-0.4, -0.2) is 37.0 Å². The van der Waals surface area contributed by atoms with Crippen molar-refractivity contribution in [1.29, 1.82) is 0 Å². The number of aryl methyl sites for hydroxylation is 3. The summed E-state index contributed by atoms with van der Waals surface area (Å²) in [6.07, 6.45) is 3.54. The van der Waals surface area contributed by atoms with E-state index in [9.17, 15) is 14.7 Å². The van der Waals surface area contributed by atoms with Crippen molar-refractivity contribution in [3.05, 3.63) is 44.1 Å². The van der Waals surface area contributed by atoms with Crippen LogP contribution in [0.15, 0.2) is 21.7 Å². The molecule has 0 spiro atoms. The van der Waals surface area contributed by atoms with Gasteiger partial charge in [-0.25, -0.2) is 9.78 Å². The third kappa shape index (κ3) is 5.12. The molecule has 8 heteroatoms. The van der Waals surface area contributed by atoms with Crippen LogP contribution in [0, 0.1) is 13.8 Å². The van der Waals surface area contributed by atoms with Gasteiger partial charge >= 0.3 is 5.69 Å². The average molecular weight is 415 g/mol. The van der Waals surface area contributed by atoms with Crippen molar-refractivity contribution >= 4 is 11.0 Å². The fraction of sp³-hybridized carbons (Fsp3) is 0.545.